The van der Waals surface area contributed by atoms with Gasteiger partial charge < -0.3 is 30.6 Å². The number of sulfonamides is 1. The summed E-state index contributed by atoms with van der Waals surface area (Å²) >= 11 is 6.11. The molecule has 0 fully saturated rings. The van der Waals surface area contributed by atoms with Gasteiger partial charge in [0.1, 0.15) is 18.3 Å². The lowest BCUT2D eigenvalue weighted by Gasteiger charge is -2.30. The second-order valence-electron chi connectivity index (χ2n) is 10.5. The molecule has 0 spiro atoms. The number of carbonyl (C=O) groups is 2. The molecule has 0 bridgehead atoms. The molecular formula is C30H36ClN3O10S. The minimum Gasteiger partial charge on any atom is -0.481 e. The summed E-state index contributed by atoms with van der Waals surface area (Å²) in [5, 5.41) is 59.4. The van der Waals surface area contributed by atoms with Crippen LogP contribution in [-0.2, 0) is 14.8 Å². The quantitative estimate of drug-likeness (QED) is 0.108. The lowest BCUT2D eigenvalue weighted by Crippen LogP contribution is -2.53. The molecule has 1 amide bonds. The van der Waals surface area contributed by atoms with Gasteiger partial charge in [0.15, 0.2) is 0 Å². The maximum atomic E-state index is 13.1. The van der Waals surface area contributed by atoms with Crippen LogP contribution in [0.1, 0.15) is 27.9 Å². The monoisotopic (exact) mass is 665 g/mol. The molecule has 3 rings (SSSR count). The van der Waals surface area contributed by atoms with Crippen molar-refractivity contribution in [3.63, 3.8) is 0 Å². The Morgan fingerprint density at radius 3 is 2.16 bits per heavy atom. The van der Waals surface area contributed by atoms with Gasteiger partial charge in [-0.05, 0) is 72.5 Å². The van der Waals surface area contributed by atoms with Crippen molar-refractivity contribution in [3.05, 3.63) is 82.4 Å². The van der Waals surface area contributed by atoms with Crippen LogP contribution in [0.3, 0.4) is 0 Å². The number of hydrogen-bond donors (Lipinski definition) is 8. The van der Waals surface area contributed by atoms with Crippen molar-refractivity contribution in [1.82, 2.24) is 10.4 Å². The zero-order chi connectivity index (χ0) is 33.5. The fourth-order valence-corrected chi connectivity index (χ4v) is 5.94. The minimum absolute atomic E-state index is 0.100. The van der Waals surface area contributed by atoms with Gasteiger partial charge in [-0.2, -0.15) is 0 Å². The van der Waals surface area contributed by atoms with E-state index in [-0.39, 0.29) is 17.0 Å². The van der Waals surface area contributed by atoms with Gasteiger partial charge in [0.05, 0.1) is 24.0 Å². The Kier molecular flexibility index (Phi) is 12.4. The number of aliphatic hydroxyl groups excluding tert-OH is 5. The summed E-state index contributed by atoms with van der Waals surface area (Å²) < 4.78 is 28.8. The highest BCUT2D eigenvalue weighted by Crippen LogP contribution is 2.28. The van der Waals surface area contributed by atoms with E-state index in [1.165, 1.54) is 18.2 Å². The third kappa shape index (κ3) is 9.69. The number of aryl methyl sites for hydroxylation is 2. The Morgan fingerprint density at radius 2 is 1.53 bits per heavy atom. The average molecular weight is 666 g/mol. The van der Waals surface area contributed by atoms with Crippen molar-refractivity contribution >= 4 is 39.2 Å². The summed E-state index contributed by atoms with van der Waals surface area (Å²) in [5.74, 6) is -1.85. The van der Waals surface area contributed by atoms with Crippen molar-refractivity contribution in [1.29, 1.82) is 0 Å². The summed E-state index contributed by atoms with van der Waals surface area (Å²) in [6, 6.07) is 16.0. The molecule has 0 unspecified atom stereocenters. The highest BCUT2D eigenvalue weighted by atomic mass is 35.5. The van der Waals surface area contributed by atoms with E-state index in [0.29, 0.717) is 33.0 Å². The van der Waals surface area contributed by atoms with Crippen LogP contribution in [0.5, 0.6) is 0 Å². The van der Waals surface area contributed by atoms with Crippen LogP contribution in [0, 0.1) is 13.8 Å². The number of carboxylic acid groups (broad SMARTS) is 1. The first-order valence-electron chi connectivity index (χ1n) is 13.7. The normalized spacial score (nSPS) is 14.4. The number of nitrogens with zero attached hydrogens (tertiary/aromatic N) is 1. The highest BCUT2D eigenvalue weighted by molar-refractivity contribution is 7.92. The number of amides is 1. The molecule has 13 nitrogen and oxygen atoms in total. The van der Waals surface area contributed by atoms with Gasteiger partial charge in [0.25, 0.3) is 15.9 Å². The number of hydrogen-bond acceptors (Lipinski definition) is 10. The maximum Gasteiger partial charge on any atom is 0.304 e. The predicted octanol–water partition coefficient (Wildman–Crippen LogP) is 1.28. The Balaban J connectivity index is 1.74. The average Bonchev–Trinajstić information content (AvgIpc) is 3.00. The lowest BCUT2D eigenvalue weighted by atomic mass is 10.0. The van der Waals surface area contributed by atoms with Gasteiger partial charge in [-0.25, -0.2) is 13.4 Å². The van der Waals surface area contributed by atoms with Gasteiger partial charge in [0.2, 0.25) is 0 Å². The van der Waals surface area contributed by atoms with Crippen LogP contribution in [0.15, 0.2) is 65.6 Å². The van der Waals surface area contributed by atoms with E-state index in [1.807, 2.05) is 0 Å². The second kappa shape index (κ2) is 15.6. The molecule has 15 heteroatoms. The number of carbonyl (C=O) groups excluding carboxylic acids is 1. The van der Waals surface area contributed by atoms with E-state index in [0.717, 1.165) is 5.01 Å². The van der Waals surface area contributed by atoms with Gasteiger partial charge in [-0.1, -0.05) is 35.9 Å². The van der Waals surface area contributed by atoms with Crippen molar-refractivity contribution in [2.24, 2.45) is 0 Å². The number of hydrazine groups is 1. The second-order valence-corrected chi connectivity index (χ2v) is 12.5. The zero-order valence-electron chi connectivity index (χ0n) is 24.5. The molecule has 0 saturated heterocycles. The molecule has 0 aliphatic rings. The van der Waals surface area contributed by atoms with Crippen LogP contribution >= 0.6 is 11.6 Å². The molecule has 4 atom stereocenters. The fourth-order valence-electron chi connectivity index (χ4n) is 4.36. The summed E-state index contributed by atoms with van der Waals surface area (Å²) in [6.07, 6.45) is -7.69. The van der Waals surface area contributed by atoms with Gasteiger partial charge in [0, 0.05) is 29.4 Å². The lowest BCUT2D eigenvalue weighted by molar-refractivity contribution is -0.138. The maximum absolute atomic E-state index is 13.1. The molecule has 3 aromatic rings. The number of halogens is 1. The molecule has 0 heterocycles. The molecule has 0 aliphatic carbocycles. The number of rotatable bonds is 15. The summed E-state index contributed by atoms with van der Waals surface area (Å²) in [5.41, 5.74) is 5.35. The molecule has 244 valence electrons. The van der Waals surface area contributed by atoms with Gasteiger partial charge >= 0.3 is 5.97 Å². The molecule has 45 heavy (non-hydrogen) atoms. The van der Waals surface area contributed by atoms with E-state index < -0.39 is 65.9 Å². The minimum atomic E-state index is -3.92. The SMILES string of the molecule is Cc1cc(S(=O)(=O)Nc2cccc(-c3ccc(C(=O)NN(CCC(=O)O)C[C@H](O)[C@@H](O)[C@H](O)[C@H](O)CO)cc3)c2)c(C)cc1Cl. The van der Waals surface area contributed by atoms with Crippen LogP contribution < -0.4 is 10.1 Å². The standard InChI is InChI=1S/C30H36ClN3O10S/c1-17-13-26(18(2)12-23(17)31)45(43,44)33-22-5-3-4-21(14-22)19-6-8-20(9-7-19)30(42)32-34(11-10-27(38)39)15-24(36)28(40)29(41)25(37)16-35/h3-9,12-14,24-25,28-29,33,35-37,40-41H,10-11,15-16H2,1-2H3,(H,32,42)(H,38,39)/t24-,25+,28+,29+/m0/s1. The summed E-state index contributed by atoms with van der Waals surface area (Å²) in [6.45, 7) is 1.72. The molecule has 3 aromatic carbocycles. The smallest absolute Gasteiger partial charge is 0.304 e. The zero-order valence-corrected chi connectivity index (χ0v) is 26.0. The number of nitrogens with one attached hydrogen (secondary N) is 2. The topological polar surface area (TPSA) is 217 Å². The van der Waals surface area contributed by atoms with E-state index >= 15 is 0 Å². The Bertz CT molecular complexity index is 1600. The van der Waals surface area contributed by atoms with E-state index in [9.17, 15) is 38.4 Å². The predicted molar refractivity (Wildman–Crippen MR) is 166 cm³/mol. The van der Waals surface area contributed by atoms with Gasteiger partial charge in [-0.3, -0.25) is 19.7 Å². The van der Waals surface area contributed by atoms with Crippen molar-refractivity contribution in [2.75, 3.05) is 24.4 Å². The Hall–Kier alpha value is -3.60. The number of aliphatic carboxylic acids is 1. The molecule has 0 aromatic heterocycles. The van der Waals surface area contributed by atoms with E-state index in [4.69, 9.17) is 21.8 Å². The molecule has 0 aliphatic heterocycles. The van der Waals surface area contributed by atoms with Crippen LogP contribution in [0.2, 0.25) is 5.02 Å². The fraction of sp³-hybridized carbons (Fsp3) is 0.333. The number of aliphatic hydroxyl groups is 5. The first-order valence-corrected chi connectivity index (χ1v) is 15.6. The van der Waals surface area contributed by atoms with Crippen LogP contribution in [0.25, 0.3) is 11.1 Å². The summed E-state index contributed by atoms with van der Waals surface area (Å²) in [4.78, 5) is 24.2. The molecule has 0 saturated carbocycles. The van der Waals surface area contributed by atoms with Crippen molar-refractivity contribution < 1.29 is 48.6 Å². The molecule has 8 N–H and O–H groups in total. The first kappa shape index (κ1) is 35.9. The van der Waals surface area contributed by atoms with Crippen LogP contribution in [0.4, 0.5) is 5.69 Å². The van der Waals surface area contributed by atoms with Crippen LogP contribution in [-0.4, -0.2) is 100 Å². The van der Waals surface area contributed by atoms with Crippen molar-refractivity contribution in [3.8, 4) is 11.1 Å². The highest BCUT2D eigenvalue weighted by Gasteiger charge is 2.31. The van der Waals surface area contributed by atoms with Gasteiger partial charge in [-0.15, -0.1) is 0 Å². The molecular weight excluding hydrogens is 630 g/mol. The number of benzene rings is 3. The number of carboxylic acids is 1. The third-order valence-corrected chi connectivity index (χ3v) is 8.86. The largest absolute Gasteiger partial charge is 0.481 e. The van der Waals surface area contributed by atoms with E-state index in [1.54, 1.807) is 56.3 Å². The Labute approximate surface area is 265 Å². The molecule has 0 radical (unpaired) electrons. The third-order valence-electron chi connectivity index (χ3n) is 6.93. The van der Waals surface area contributed by atoms with Crippen molar-refractivity contribution in [2.45, 2.75) is 49.6 Å². The van der Waals surface area contributed by atoms with E-state index in [2.05, 4.69) is 10.1 Å². The number of anilines is 1. The first-order chi connectivity index (χ1) is 21.1. The summed E-state index contributed by atoms with van der Waals surface area (Å²) in [7, 11) is -3.92. The Morgan fingerprint density at radius 1 is 0.889 bits per heavy atom.